The van der Waals surface area contributed by atoms with Crippen LogP contribution in [0.25, 0.3) is 0 Å². The Bertz CT molecular complexity index is 489. The molecule has 0 aromatic heterocycles. The van der Waals surface area contributed by atoms with Gasteiger partial charge in [-0.05, 0) is 19.1 Å². The molecule has 1 aromatic carbocycles. The minimum atomic E-state index is -0.282. The standard InChI is InChI=1S/C14H15NO4/c1-10(16)6-8-19-9-7-15-13(17)11-4-2-3-5-12(11)14(15)18/h2-5H,6-9H2,1H3. The number of imide groups is 1. The molecule has 1 aromatic rings. The molecule has 0 radical (unpaired) electrons. The molecule has 0 saturated carbocycles. The van der Waals surface area contributed by atoms with Gasteiger partial charge in [-0.2, -0.15) is 0 Å². The third kappa shape index (κ3) is 2.88. The highest BCUT2D eigenvalue weighted by molar-refractivity contribution is 6.21. The predicted molar refractivity (Wildman–Crippen MR) is 67.9 cm³/mol. The third-order valence-corrected chi connectivity index (χ3v) is 2.94. The van der Waals surface area contributed by atoms with E-state index in [1.54, 1.807) is 24.3 Å². The van der Waals surface area contributed by atoms with Crippen LogP contribution in [0.4, 0.5) is 0 Å². The van der Waals surface area contributed by atoms with E-state index < -0.39 is 0 Å². The van der Waals surface area contributed by atoms with Crippen molar-refractivity contribution in [1.82, 2.24) is 4.90 Å². The first-order valence-electron chi connectivity index (χ1n) is 6.13. The number of fused-ring (bicyclic) bond motifs is 1. The second-order valence-corrected chi connectivity index (χ2v) is 4.37. The van der Waals surface area contributed by atoms with E-state index in [0.717, 1.165) is 0 Å². The van der Waals surface area contributed by atoms with Crippen LogP contribution in [0.5, 0.6) is 0 Å². The zero-order chi connectivity index (χ0) is 13.8. The number of hydrogen-bond donors (Lipinski definition) is 0. The average molecular weight is 261 g/mol. The molecule has 1 aliphatic heterocycles. The number of ether oxygens (including phenoxy) is 1. The number of carbonyl (C=O) groups excluding carboxylic acids is 3. The van der Waals surface area contributed by atoms with Crippen molar-refractivity contribution < 1.29 is 19.1 Å². The number of amides is 2. The first kappa shape index (κ1) is 13.4. The molecule has 0 fully saturated rings. The van der Waals surface area contributed by atoms with Crippen LogP contribution in [0.3, 0.4) is 0 Å². The lowest BCUT2D eigenvalue weighted by atomic mass is 10.1. The van der Waals surface area contributed by atoms with Crippen molar-refractivity contribution in [2.75, 3.05) is 19.8 Å². The number of benzene rings is 1. The Morgan fingerprint density at radius 3 is 2.21 bits per heavy atom. The summed E-state index contributed by atoms with van der Waals surface area (Å²) in [6, 6.07) is 6.76. The fourth-order valence-corrected chi connectivity index (χ4v) is 1.92. The van der Waals surface area contributed by atoms with Gasteiger partial charge >= 0.3 is 0 Å². The van der Waals surface area contributed by atoms with E-state index in [1.165, 1.54) is 11.8 Å². The fourth-order valence-electron chi connectivity index (χ4n) is 1.92. The Balaban J connectivity index is 1.88. The van der Waals surface area contributed by atoms with Crippen LogP contribution in [0.2, 0.25) is 0 Å². The molecule has 5 heteroatoms. The van der Waals surface area contributed by atoms with Crippen molar-refractivity contribution in [2.24, 2.45) is 0 Å². The second-order valence-electron chi connectivity index (χ2n) is 4.37. The van der Waals surface area contributed by atoms with Gasteiger partial charge in [-0.15, -0.1) is 0 Å². The van der Waals surface area contributed by atoms with E-state index in [0.29, 0.717) is 24.2 Å². The highest BCUT2D eigenvalue weighted by Gasteiger charge is 2.34. The molecule has 100 valence electrons. The highest BCUT2D eigenvalue weighted by atomic mass is 16.5. The van der Waals surface area contributed by atoms with Crippen LogP contribution in [-0.2, 0) is 9.53 Å². The number of nitrogens with zero attached hydrogens (tertiary/aromatic N) is 1. The van der Waals surface area contributed by atoms with Crippen molar-refractivity contribution in [1.29, 1.82) is 0 Å². The Morgan fingerprint density at radius 2 is 1.68 bits per heavy atom. The summed E-state index contributed by atoms with van der Waals surface area (Å²) in [7, 11) is 0. The molecule has 0 bridgehead atoms. The van der Waals surface area contributed by atoms with Crippen molar-refractivity contribution in [3.05, 3.63) is 35.4 Å². The SMILES string of the molecule is CC(=O)CCOCCN1C(=O)c2ccccc2C1=O. The maximum atomic E-state index is 12.0. The molecule has 2 amide bonds. The maximum absolute atomic E-state index is 12.0. The Labute approximate surface area is 111 Å². The summed E-state index contributed by atoms with van der Waals surface area (Å²) >= 11 is 0. The molecule has 0 atom stereocenters. The molecule has 0 spiro atoms. The molecule has 0 unspecified atom stereocenters. The van der Waals surface area contributed by atoms with E-state index in [9.17, 15) is 14.4 Å². The minimum Gasteiger partial charge on any atom is -0.379 e. The summed E-state index contributed by atoms with van der Waals surface area (Å²) in [4.78, 5) is 35.8. The Morgan fingerprint density at radius 1 is 1.11 bits per heavy atom. The second kappa shape index (κ2) is 5.75. The van der Waals surface area contributed by atoms with Gasteiger partial charge in [0.25, 0.3) is 11.8 Å². The van der Waals surface area contributed by atoms with E-state index in [2.05, 4.69) is 0 Å². The van der Waals surface area contributed by atoms with Crippen LogP contribution < -0.4 is 0 Å². The van der Waals surface area contributed by atoms with Crippen LogP contribution in [-0.4, -0.2) is 42.3 Å². The number of carbonyl (C=O) groups is 3. The van der Waals surface area contributed by atoms with Crippen molar-refractivity contribution in [2.45, 2.75) is 13.3 Å². The zero-order valence-corrected chi connectivity index (χ0v) is 10.7. The fraction of sp³-hybridized carbons (Fsp3) is 0.357. The van der Waals surface area contributed by atoms with Crippen molar-refractivity contribution in [3.63, 3.8) is 0 Å². The van der Waals surface area contributed by atoms with E-state index >= 15 is 0 Å². The van der Waals surface area contributed by atoms with Gasteiger partial charge in [-0.1, -0.05) is 12.1 Å². The van der Waals surface area contributed by atoms with Crippen LogP contribution in [0.15, 0.2) is 24.3 Å². The first-order valence-corrected chi connectivity index (χ1v) is 6.13. The van der Waals surface area contributed by atoms with Gasteiger partial charge in [0.2, 0.25) is 0 Å². The zero-order valence-electron chi connectivity index (χ0n) is 10.7. The normalized spacial score (nSPS) is 13.8. The predicted octanol–water partition coefficient (Wildman–Crippen LogP) is 1.28. The van der Waals surface area contributed by atoms with E-state index in [-0.39, 0.29) is 30.7 Å². The van der Waals surface area contributed by atoms with Gasteiger partial charge in [0.1, 0.15) is 5.78 Å². The van der Waals surface area contributed by atoms with Gasteiger partial charge in [0.05, 0.1) is 30.9 Å². The summed E-state index contributed by atoms with van der Waals surface area (Å²) < 4.78 is 5.23. The highest BCUT2D eigenvalue weighted by Crippen LogP contribution is 2.21. The summed E-state index contributed by atoms with van der Waals surface area (Å²) in [6.07, 6.45) is 0.349. The summed E-state index contributed by atoms with van der Waals surface area (Å²) in [6.45, 7) is 2.27. The summed E-state index contributed by atoms with van der Waals surface area (Å²) in [5, 5.41) is 0. The average Bonchev–Trinajstić information content (AvgIpc) is 2.63. The lowest BCUT2D eigenvalue weighted by Crippen LogP contribution is -2.33. The van der Waals surface area contributed by atoms with Gasteiger partial charge in [0.15, 0.2) is 0 Å². The Kier molecular flexibility index (Phi) is 4.06. The van der Waals surface area contributed by atoms with Crippen LogP contribution in [0.1, 0.15) is 34.1 Å². The molecule has 2 rings (SSSR count). The molecule has 1 heterocycles. The minimum absolute atomic E-state index is 0.0562. The van der Waals surface area contributed by atoms with Crippen LogP contribution in [0, 0.1) is 0 Å². The smallest absolute Gasteiger partial charge is 0.261 e. The number of hydrogen-bond acceptors (Lipinski definition) is 4. The maximum Gasteiger partial charge on any atom is 0.261 e. The summed E-state index contributed by atoms with van der Waals surface area (Å²) in [5.74, 6) is -0.507. The quantitative estimate of drug-likeness (QED) is 0.571. The van der Waals surface area contributed by atoms with Crippen molar-refractivity contribution in [3.8, 4) is 0 Å². The van der Waals surface area contributed by atoms with Crippen molar-refractivity contribution >= 4 is 17.6 Å². The van der Waals surface area contributed by atoms with E-state index in [1.807, 2.05) is 0 Å². The Hall–Kier alpha value is -2.01. The number of ketones is 1. The lowest BCUT2D eigenvalue weighted by Gasteiger charge is -2.13. The molecular weight excluding hydrogens is 246 g/mol. The molecule has 19 heavy (non-hydrogen) atoms. The topological polar surface area (TPSA) is 63.7 Å². The molecule has 5 nitrogen and oxygen atoms in total. The van der Waals surface area contributed by atoms with Gasteiger partial charge in [-0.3, -0.25) is 19.3 Å². The number of rotatable bonds is 6. The van der Waals surface area contributed by atoms with E-state index in [4.69, 9.17) is 4.74 Å². The van der Waals surface area contributed by atoms with Crippen LogP contribution >= 0.6 is 0 Å². The molecule has 1 aliphatic rings. The van der Waals surface area contributed by atoms with Gasteiger partial charge < -0.3 is 4.74 Å². The largest absolute Gasteiger partial charge is 0.379 e. The lowest BCUT2D eigenvalue weighted by molar-refractivity contribution is -0.118. The van der Waals surface area contributed by atoms with Gasteiger partial charge in [-0.25, -0.2) is 0 Å². The number of Topliss-reactive ketones (excluding diaryl/α,β-unsaturated/α-hetero) is 1. The molecule has 0 saturated heterocycles. The van der Waals surface area contributed by atoms with Gasteiger partial charge in [0, 0.05) is 6.42 Å². The third-order valence-electron chi connectivity index (χ3n) is 2.94. The first-order chi connectivity index (χ1) is 9.11. The summed E-state index contributed by atoms with van der Waals surface area (Å²) in [5.41, 5.74) is 0.882. The molecular formula is C14H15NO4. The molecule has 0 aliphatic carbocycles. The molecule has 0 N–H and O–H groups in total. The monoisotopic (exact) mass is 261 g/mol.